The van der Waals surface area contributed by atoms with Crippen LogP contribution in [0.2, 0.25) is 0 Å². The number of hydrogen-bond donors (Lipinski definition) is 1. The number of esters is 2. The summed E-state index contributed by atoms with van der Waals surface area (Å²) in [6, 6.07) is 0. The van der Waals surface area contributed by atoms with Crippen molar-refractivity contribution < 1.29 is 24.2 Å². The second-order valence-electron chi connectivity index (χ2n) is 20.0. The van der Waals surface area contributed by atoms with Crippen molar-refractivity contribution in [3.05, 3.63) is 85.1 Å². The van der Waals surface area contributed by atoms with Gasteiger partial charge in [-0.1, -0.05) is 279 Å². The van der Waals surface area contributed by atoms with Crippen molar-refractivity contribution >= 4 is 11.9 Å². The Labute approximate surface area is 435 Å². The lowest BCUT2D eigenvalue weighted by molar-refractivity contribution is -0.161. The first-order valence-corrected chi connectivity index (χ1v) is 30.1. The Morgan fingerprint density at radius 1 is 0.343 bits per heavy atom. The lowest BCUT2D eigenvalue weighted by Crippen LogP contribution is -2.28. The highest BCUT2D eigenvalue weighted by atomic mass is 16.6. The van der Waals surface area contributed by atoms with E-state index in [-0.39, 0.29) is 25.2 Å². The standard InChI is InChI=1S/C65H114O5/c1-3-5-7-9-11-13-15-17-19-21-23-25-26-27-28-29-30-31-32-33-34-35-36-37-38-40-42-44-46-48-50-52-54-56-58-60-65(68)70-63(61-66)62-69-64(67)59-57-55-53-51-49-47-45-43-41-39-24-22-20-18-16-14-12-10-8-6-4-2/h5,7,11,13,17,19,22-25,27-28,30-31,63,66H,3-4,6,8-10,12,14-16,18,20-21,26,29,32-62H2,1-2H3/b7-5-,13-11-,19-17-,24-22-,25-23-,28-27-,31-30-. The Balaban J connectivity index is 3.47. The molecule has 5 nitrogen and oxygen atoms in total. The minimum Gasteiger partial charge on any atom is -0.462 e. The average Bonchev–Trinajstić information content (AvgIpc) is 3.36. The number of carbonyl (C=O) groups is 2. The Morgan fingerprint density at radius 3 is 0.943 bits per heavy atom. The molecule has 0 spiro atoms. The molecule has 0 saturated carbocycles. The molecule has 404 valence electrons. The number of allylic oxidation sites excluding steroid dienone is 14. The molecule has 1 atom stereocenters. The summed E-state index contributed by atoms with van der Waals surface area (Å²) in [6.45, 7) is 4.05. The summed E-state index contributed by atoms with van der Waals surface area (Å²) >= 11 is 0. The summed E-state index contributed by atoms with van der Waals surface area (Å²) in [5.74, 6) is -0.584. The lowest BCUT2D eigenvalue weighted by atomic mass is 10.0. The van der Waals surface area contributed by atoms with E-state index in [0.29, 0.717) is 12.8 Å². The maximum absolute atomic E-state index is 12.3. The fraction of sp³-hybridized carbons (Fsp3) is 0.754. The van der Waals surface area contributed by atoms with Gasteiger partial charge in [-0.3, -0.25) is 9.59 Å². The van der Waals surface area contributed by atoms with Gasteiger partial charge in [0.1, 0.15) is 6.61 Å². The van der Waals surface area contributed by atoms with E-state index in [1.165, 1.54) is 193 Å². The molecule has 0 saturated heterocycles. The largest absolute Gasteiger partial charge is 0.462 e. The topological polar surface area (TPSA) is 72.8 Å². The second-order valence-corrected chi connectivity index (χ2v) is 20.0. The van der Waals surface area contributed by atoms with Crippen LogP contribution in [-0.4, -0.2) is 36.4 Å². The van der Waals surface area contributed by atoms with Gasteiger partial charge in [0.15, 0.2) is 6.10 Å². The fourth-order valence-electron chi connectivity index (χ4n) is 8.67. The Hall–Kier alpha value is -2.92. The zero-order valence-electron chi connectivity index (χ0n) is 46.3. The normalized spacial score (nSPS) is 12.8. The Kier molecular flexibility index (Phi) is 57.9. The molecule has 0 amide bonds. The van der Waals surface area contributed by atoms with Crippen molar-refractivity contribution in [1.29, 1.82) is 0 Å². The van der Waals surface area contributed by atoms with E-state index in [9.17, 15) is 14.7 Å². The molecule has 0 aromatic rings. The Morgan fingerprint density at radius 2 is 0.614 bits per heavy atom. The number of ether oxygens (including phenoxy) is 2. The van der Waals surface area contributed by atoms with Gasteiger partial charge in [0.25, 0.3) is 0 Å². The zero-order valence-corrected chi connectivity index (χ0v) is 46.3. The molecule has 0 bridgehead atoms. The first-order valence-electron chi connectivity index (χ1n) is 30.1. The van der Waals surface area contributed by atoms with Crippen LogP contribution in [0.1, 0.15) is 296 Å². The summed E-state index contributed by atoms with van der Waals surface area (Å²) in [4.78, 5) is 24.5. The molecule has 0 aromatic carbocycles. The maximum Gasteiger partial charge on any atom is 0.306 e. The number of aliphatic hydroxyl groups excluding tert-OH is 1. The van der Waals surface area contributed by atoms with Crippen molar-refractivity contribution in [3.8, 4) is 0 Å². The van der Waals surface area contributed by atoms with Crippen LogP contribution < -0.4 is 0 Å². The SMILES string of the molecule is CC/C=C\C/C=C\C/C=C\C/C=C\C/C=C\C/C=C\CCCCCCCCCCCCCCCCCCC(=O)OC(CO)COC(=O)CCCCCCCCCCC/C=C\CCCCCCCCCC. The molecule has 0 aliphatic heterocycles. The van der Waals surface area contributed by atoms with Crippen LogP contribution in [0.15, 0.2) is 85.1 Å². The van der Waals surface area contributed by atoms with Crippen LogP contribution >= 0.6 is 0 Å². The highest BCUT2D eigenvalue weighted by Gasteiger charge is 2.16. The smallest absolute Gasteiger partial charge is 0.306 e. The zero-order chi connectivity index (χ0) is 50.6. The van der Waals surface area contributed by atoms with Crippen LogP contribution in [0.25, 0.3) is 0 Å². The van der Waals surface area contributed by atoms with Gasteiger partial charge in [0.2, 0.25) is 0 Å². The highest BCUT2D eigenvalue weighted by molar-refractivity contribution is 5.70. The Bertz CT molecular complexity index is 1290. The molecular weight excluding hydrogens is 861 g/mol. The summed E-state index contributed by atoms with van der Waals surface area (Å²) in [7, 11) is 0. The van der Waals surface area contributed by atoms with E-state index >= 15 is 0 Å². The van der Waals surface area contributed by atoms with Gasteiger partial charge in [0.05, 0.1) is 6.61 Å². The van der Waals surface area contributed by atoms with E-state index in [2.05, 4.69) is 98.9 Å². The first kappa shape index (κ1) is 67.1. The molecule has 5 heteroatoms. The summed E-state index contributed by atoms with van der Waals surface area (Å²) in [6.07, 6.45) is 84.3. The quantitative estimate of drug-likeness (QED) is 0.0373. The predicted octanol–water partition coefficient (Wildman–Crippen LogP) is 20.5. The molecule has 0 aliphatic carbocycles. The van der Waals surface area contributed by atoms with Gasteiger partial charge in [-0.2, -0.15) is 0 Å². The van der Waals surface area contributed by atoms with Crippen LogP contribution in [0.3, 0.4) is 0 Å². The van der Waals surface area contributed by atoms with Crippen LogP contribution in [0.4, 0.5) is 0 Å². The van der Waals surface area contributed by atoms with E-state index < -0.39 is 6.10 Å². The van der Waals surface area contributed by atoms with Crippen molar-refractivity contribution in [2.75, 3.05) is 13.2 Å². The molecule has 1 unspecified atom stereocenters. The third kappa shape index (κ3) is 57.7. The third-order valence-electron chi connectivity index (χ3n) is 13.2. The number of carbonyl (C=O) groups excluding carboxylic acids is 2. The van der Waals surface area contributed by atoms with Crippen LogP contribution in [-0.2, 0) is 19.1 Å². The molecule has 70 heavy (non-hydrogen) atoms. The molecule has 1 N–H and O–H groups in total. The fourth-order valence-corrected chi connectivity index (χ4v) is 8.67. The van der Waals surface area contributed by atoms with Gasteiger partial charge in [0, 0.05) is 12.8 Å². The number of hydrogen-bond acceptors (Lipinski definition) is 5. The molecular formula is C65H114O5. The van der Waals surface area contributed by atoms with Gasteiger partial charge >= 0.3 is 11.9 Å². The highest BCUT2D eigenvalue weighted by Crippen LogP contribution is 2.16. The third-order valence-corrected chi connectivity index (χ3v) is 13.2. The van der Waals surface area contributed by atoms with E-state index in [0.717, 1.165) is 77.0 Å². The molecule has 0 rings (SSSR count). The predicted molar refractivity (Wildman–Crippen MR) is 306 cm³/mol. The average molecular weight is 976 g/mol. The molecule has 0 aliphatic rings. The minimum atomic E-state index is -0.776. The van der Waals surface area contributed by atoms with Crippen LogP contribution in [0, 0.1) is 0 Å². The van der Waals surface area contributed by atoms with E-state index in [4.69, 9.17) is 9.47 Å². The second kappa shape index (κ2) is 60.4. The van der Waals surface area contributed by atoms with Crippen molar-refractivity contribution in [3.63, 3.8) is 0 Å². The molecule has 0 heterocycles. The number of unbranched alkanes of at least 4 members (excludes halogenated alkanes) is 33. The molecule has 0 fully saturated rings. The van der Waals surface area contributed by atoms with Gasteiger partial charge < -0.3 is 14.6 Å². The number of aliphatic hydroxyl groups is 1. The maximum atomic E-state index is 12.3. The summed E-state index contributed by atoms with van der Waals surface area (Å²) in [5, 5.41) is 9.66. The van der Waals surface area contributed by atoms with Crippen molar-refractivity contribution in [2.45, 2.75) is 302 Å². The summed E-state index contributed by atoms with van der Waals surface area (Å²) < 4.78 is 10.7. The monoisotopic (exact) mass is 975 g/mol. The lowest BCUT2D eigenvalue weighted by Gasteiger charge is -2.15. The number of rotatable bonds is 55. The van der Waals surface area contributed by atoms with Crippen molar-refractivity contribution in [1.82, 2.24) is 0 Å². The molecule has 0 radical (unpaired) electrons. The van der Waals surface area contributed by atoms with Crippen LogP contribution in [0.5, 0.6) is 0 Å². The van der Waals surface area contributed by atoms with E-state index in [1.807, 2.05) is 0 Å². The van der Waals surface area contributed by atoms with Gasteiger partial charge in [-0.15, -0.1) is 0 Å². The first-order chi connectivity index (χ1) is 34.6. The van der Waals surface area contributed by atoms with E-state index in [1.54, 1.807) is 0 Å². The van der Waals surface area contributed by atoms with Gasteiger partial charge in [-0.05, 0) is 89.9 Å². The minimum absolute atomic E-state index is 0.0665. The van der Waals surface area contributed by atoms with Crippen molar-refractivity contribution in [2.24, 2.45) is 0 Å². The van der Waals surface area contributed by atoms with Gasteiger partial charge in [-0.25, -0.2) is 0 Å². The summed E-state index contributed by atoms with van der Waals surface area (Å²) in [5.41, 5.74) is 0. The molecule has 0 aromatic heterocycles.